The summed E-state index contributed by atoms with van der Waals surface area (Å²) in [6, 6.07) is 12.2. The minimum absolute atomic E-state index is 0.195. The summed E-state index contributed by atoms with van der Waals surface area (Å²) in [5.74, 6) is 0.332. The summed E-state index contributed by atoms with van der Waals surface area (Å²) in [6.45, 7) is 4.73. The van der Waals surface area contributed by atoms with Gasteiger partial charge in [0, 0.05) is 17.6 Å². The van der Waals surface area contributed by atoms with E-state index in [0.29, 0.717) is 23.4 Å². The summed E-state index contributed by atoms with van der Waals surface area (Å²) in [7, 11) is 0. The van der Waals surface area contributed by atoms with Crippen molar-refractivity contribution in [1.82, 2.24) is 5.32 Å². The van der Waals surface area contributed by atoms with Crippen LogP contribution in [0.3, 0.4) is 0 Å². The van der Waals surface area contributed by atoms with Gasteiger partial charge in [-0.05, 0) is 35.9 Å². The highest BCUT2D eigenvalue weighted by Gasteiger charge is 2.07. The van der Waals surface area contributed by atoms with Crippen molar-refractivity contribution in [3.8, 4) is 11.5 Å². The average molecular weight is 294 g/mol. The fourth-order valence-corrected chi connectivity index (χ4v) is 1.90. The highest BCUT2D eigenvalue weighted by Crippen LogP contribution is 2.27. The Kier molecular flexibility index (Phi) is 4.99. The molecule has 0 aromatic heterocycles. The van der Waals surface area contributed by atoms with Gasteiger partial charge in [-0.1, -0.05) is 37.6 Å². The van der Waals surface area contributed by atoms with Crippen LogP contribution in [-0.2, 0) is 6.54 Å². The van der Waals surface area contributed by atoms with E-state index in [1.807, 2.05) is 19.9 Å². The molecular formula is C16H17ClFNO. The highest BCUT2D eigenvalue weighted by molar-refractivity contribution is 6.30. The molecule has 0 amide bonds. The molecule has 0 unspecified atom stereocenters. The Hall–Kier alpha value is -1.58. The van der Waals surface area contributed by atoms with Crippen LogP contribution < -0.4 is 10.1 Å². The third-order valence-corrected chi connectivity index (χ3v) is 2.97. The van der Waals surface area contributed by atoms with Crippen LogP contribution in [0.4, 0.5) is 4.39 Å². The molecule has 0 spiro atoms. The molecule has 0 fully saturated rings. The summed E-state index contributed by atoms with van der Waals surface area (Å²) in [6.07, 6.45) is 0. The lowest BCUT2D eigenvalue weighted by molar-refractivity contribution is 0.441. The maximum atomic E-state index is 14.0. The van der Waals surface area contributed by atoms with Crippen molar-refractivity contribution in [3.05, 3.63) is 58.9 Å². The number of hydrogen-bond acceptors (Lipinski definition) is 2. The van der Waals surface area contributed by atoms with Gasteiger partial charge in [0.05, 0.1) is 0 Å². The number of benzene rings is 2. The number of hydrogen-bond donors (Lipinski definition) is 1. The molecule has 0 aliphatic heterocycles. The van der Waals surface area contributed by atoms with Crippen LogP contribution in [0.15, 0.2) is 42.5 Å². The standard InChI is InChI=1S/C16H17ClFNO/c1-11(2)19-10-12-6-7-16(15(18)8-12)20-14-5-3-4-13(17)9-14/h3-9,11,19H,10H2,1-2H3. The topological polar surface area (TPSA) is 21.3 Å². The lowest BCUT2D eigenvalue weighted by Crippen LogP contribution is -2.21. The molecule has 2 aromatic rings. The van der Waals surface area contributed by atoms with E-state index in [2.05, 4.69) is 5.32 Å². The van der Waals surface area contributed by atoms with Crippen LogP contribution in [-0.4, -0.2) is 6.04 Å². The maximum absolute atomic E-state index is 14.0. The third-order valence-electron chi connectivity index (χ3n) is 2.73. The molecule has 20 heavy (non-hydrogen) atoms. The van der Waals surface area contributed by atoms with Gasteiger partial charge >= 0.3 is 0 Å². The number of nitrogens with one attached hydrogen (secondary N) is 1. The van der Waals surface area contributed by atoms with Gasteiger partial charge in [0.15, 0.2) is 11.6 Å². The number of ether oxygens (including phenoxy) is 1. The zero-order chi connectivity index (χ0) is 14.5. The zero-order valence-electron chi connectivity index (χ0n) is 11.5. The summed E-state index contributed by atoms with van der Waals surface area (Å²) in [4.78, 5) is 0. The Morgan fingerprint density at radius 1 is 1.20 bits per heavy atom. The van der Waals surface area contributed by atoms with Crippen LogP contribution in [0, 0.1) is 5.82 Å². The van der Waals surface area contributed by atoms with Crippen molar-refractivity contribution in [2.24, 2.45) is 0 Å². The largest absolute Gasteiger partial charge is 0.454 e. The Morgan fingerprint density at radius 3 is 2.65 bits per heavy atom. The minimum atomic E-state index is -0.381. The normalized spacial score (nSPS) is 10.8. The number of rotatable bonds is 5. The first-order valence-electron chi connectivity index (χ1n) is 6.50. The molecular weight excluding hydrogens is 277 g/mol. The van der Waals surface area contributed by atoms with E-state index in [0.717, 1.165) is 5.56 Å². The van der Waals surface area contributed by atoms with Crippen molar-refractivity contribution in [2.75, 3.05) is 0 Å². The zero-order valence-corrected chi connectivity index (χ0v) is 12.2. The molecule has 0 saturated carbocycles. The fourth-order valence-electron chi connectivity index (χ4n) is 1.72. The molecule has 2 nitrogen and oxygen atoms in total. The predicted molar refractivity (Wildman–Crippen MR) is 79.9 cm³/mol. The molecule has 2 rings (SSSR count). The van der Waals surface area contributed by atoms with E-state index < -0.39 is 0 Å². The van der Waals surface area contributed by atoms with Crippen molar-refractivity contribution < 1.29 is 9.13 Å². The quantitative estimate of drug-likeness (QED) is 0.857. The molecule has 2 aromatic carbocycles. The molecule has 0 saturated heterocycles. The lowest BCUT2D eigenvalue weighted by Gasteiger charge is -2.10. The van der Waals surface area contributed by atoms with Crippen LogP contribution in [0.25, 0.3) is 0 Å². The average Bonchev–Trinajstić information content (AvgIpc) is 2.39. The van der Waals surface area contributed by atoms with Gasteiger partial charge in [-0.15, -0.1) is 0 Å². The molecule has 0 bridgehead atoms. The van der Waals surface area contributed by atoms with Crippen molar-refractivity contribution >= 4 is 11.6 Å². The van der Waals surface area contributed by atoms with Gasteiger partial charge in [0.1, 0.15) is 5.75 Å². The molecule has 106 valence electrons. The highest BCUT2D eigenvalue weighted by atomic mass is 35.5. The second-order valence-electron chi connectivity index (χ2n) is 4.86. The first-order valence-corrected chi connectivity index (χ1v) is 6.87. The molecule has 1 N–H and O–H groups in total. The maximum Gasteiger partial charge on any atom is 0.166 e. The molecule has 4 heteroatoms. The lowest BCUT2D eigenvalue weighted by atomic mass is 10.2. The SMILES string of the molecule is CC(C)NCc1ccc(Oc2cccc(Cl)c2)c(F)c1. The summed E-state index contributed by atoms with van der Waals surface area (Å²) < 4.78 is 19.5. The number of halogens is 2. The van der Waals surface area contributed by atoms with Crippen LogP contribution in [0.5, 0.6) is 11.5 Å². The molecule has 0 atom stereocenters. The predicted octanol–water partition coefficient (Wildman–Crippen LogP) is 4.77. The monoisotopic (exact) mass is 293 g/mol. The third kappa shape index (κ3) is 4.22. The Bertz CT molecular complexity index is 586. The first kappa shape index (κ1) is 14.8. The molecule has 0 heterocycles. The van der Waals surface area contributed by atoms with E-state index in [1.54, 1.807) is 30.3 Å². The summed E-state index contributed by atoms with van der Waals surface area (Å²) in [5, 5.41) is 3.80. The van der Waals surface area contributed by atoms with E-state index in [1.165, 1.54) is 6.07 Å². The Balaban J connectivity index is 2.09. The minimum Gasteiger partial charge on any atom is -0.454 e. The van der Waals surface area contributed by atoms with Gasteiger partial charge in [0.2, 0.25) is 0 Å². The van der Waals surface area contributed by atoms with Gasteiger partial charge in [-0.2, -0.15) is 0 Å². The molecule has 0 radical (unpaired) electrons. The molecule has 0 aliphatic rings. The van der Waals surface area contributed by atoms with Gasteiger partial charge in [-0.25, -0.2) is 4.39 Å². The smallest absolute Gasteiger partial charge is 0.166 e. The van der Waals surface area contributed by atoms with Crippen molar-refractivity contribution in [2.45, 2.75) is 26.4 Å². The summed E-state index contributed by atoms with van der Waals surface area (Å²) >= 11 is 5.86. The second kappa shape index (κ2) is 6.73. The van der Waals surface area contributed by atoms with Gasteiger partial charge in [0.25, 0.3) is 0 Å². The van der Waals surface area contributed by atoms with Crippen molar-refractivity contribution in [3.63, 3.8) is 0 Å². The van der Waals surface area contributed by atoms with E-state index in [9.17, 15) is 4.39 Å². The van der Waals surface area contributed by atoms with Crippen LogP contribution >= 0.6 is 11.6 Å². The van der Waals surface area contributed by atoms with Gasteiger partial charge < -0.3 is 10.1 Å². The second-order valence-corrected chi connectivity index (χ2v) is 5.30. The Morgan fingerprint density at radius 2 is 2.00 bits per heavy atom. The van der Waals surface area contributed by atoms with Crippen LogP contribution in [0.1, 0.15) is 19.4 Å². The van der Waals surface area contributed by atoms with E-state index in [4.69, 9.17) is 16.3 Å². The Labute approximate surface area is 123 Å². The van der Waals surface area contributed by atoms with Crippen molar-refractivity contribution in [1.29, 1.82) is 0 Å². The van der Waals surface area contributed by atoms with Gasteiger partial charge in [-0.3, -0.25) is 0 Å². The fraction of sp³-hybridized carbons (Fsp3) is 0.250. The summed E-state index contributed by atoms with van der Waals surface area (Å²) in [5.41, 5.74) is 0.884. The van der Waals surface area contributed by atoms with E-state index >= 15 is 0 Å². The van der Waals surface area contributed by atoms with E-state index in [-0.39, 0.29) is 11.6 Å². The molecule has 0 aliphatic carbocycles. The van der Waals surface area contributed by atoms with Crippen LogP contribution in [0.2, 0.25) is 5.02 Å². The first-order chi connectivity index (χ1) is 9.54.